The summed E-state index contributed by atoms with van der Waals surface area (Å²) < 4.78 is 5.16. The Balaban J connectivity index is 1.86. The predicted molar refractivity (Wildman–Crippen MR) is 119 cm³/mol. The van der Waals surface area contributed by atoms with Crippen molar-refractivity contribution in [3.05, 3.63) is 86.3 Å². The molecule has 2 aromatic heterocycles. The SMILES string of the molecule is COc1ccc(/C(O)=C2/C(=O)C(=O)N(Cc3cccnc3)C2c2sccc2C)cc1Cl. The monoisotopic (exact) mass is 454 g/mol. The number of aromatic nitrogens is 1. The van der Waals surface area contributed by atoms with Crippen molar-refractivity contribution in [1.82, 2.24) is 9.88 Å². The number of methoxy groups -OCH3 is 1. The van der Waals surface area contributed by atoms with Crippen LogP contribution in [0.1, 0.15) is 27.6 Å². The Morgan fingerprint density at radius 1 is 1.29 bits per heavy atom. The van der Waals surface area contributed by atoms with Crippen LogP contribution in [-0.4, -0.2) is 33.8 Å². The zero-order chi connectivity index (χ0) is 22.1. The number of aliphatic hydroxyl groups is 1. The number of aliphatic hydroxyl groups excluding tert-OH is 1. The third-order valence-electron chi connectivity index (χ3n) is 5.19. The Kier molecular flexibility index (Phi) is 5.80. The molecule has 1 saturated heterocycles. The first kappa shape index (κ1) is 21.1. The van der Waals surface area contributed by atoms with Gasteiger partial charge in [-0.1, -0.05) is 17.7 Å². The summed E-state index contributed by atoms with van der Waals surface area (Å²) in [6, 6.07) is 9.56. The molecule has 1 aliphatic rings. The number of ketones is 1. The van der Waals surface area contributed by atoms with E-state index >= 15 is 0 Å². The number of aryl methyl sites for hydroxylation is 1. The molecular formula is C23H19ClN2O4S. The summed E-state index contributed by atoms with van der Waals surface area (Å²) in [4.78, 5) is 32.5. The summed E-state index contributed by atoms with van der Waals surface area (Å²) in [7, 11) is 1.49. The van der Waals surface area contributed by atoms with Gasteiger partial charge in [-0.15, -0.1) is 11.3 Å². The lowest BCUT2D eigenvalue weighted by Gasteiger charge is -2.25. The summed E-state index contributed by atoms with van der Waals surface area (Å²) in [5.74, 6) is -1.22. The number of nitrogens with zero attached hydrogens (tertiary/aromatic N) is 2. The zero-order valence-corrected chi connectivity index (χ0v) is 18.4. The van der Waals surface area contributed by atoms with Gasteiger partial charge in [-0.05, 0) is 53.8 Å². The maximum absolute atomic E-state index is 13.1. The van der Waals surface area contributed by atoms with Crippen LogP contribution in [-0.2, 0) is 16.1 Å². The van der Waals surface area contributed by atoms with E-state index in [0.717, 1.165) is 16.0 Å². The van der Waals surface area contributed by atoms with E-state index in [-0.39, 0.29) is 17.9 Å². The van der Waals surface area contributed by atoms with Crippen LogP contribution in [0, 0.1) is 6.92 Å². The highest BCUT2D eigenvalue weighted by molar-refractivity contribution is 7.10. The number of Topliss-reactive ketones (excluding diaryl/α,β-unsaturated/α-hetero) is 1. The molecule has 1 atom stereocenters. The van der Waals surface area contributed by atoms with Crippen LogP contribution < -0.4 is 4.74 Å². The molecule has 3 heterocycles. The Hall–Kier alpha value is -3.16. The van der Waals surface area contributed by atoms with Gasteiger partial charge in [0.25, 0.3) is 11.7 Å². The molecule has 0 saturated carbocycles. The van der Waals surface area contributed by atoms with Crippen LogP contribution >= 0.6 is 22.9 Å². The van der Waals surface area contributed by atoms with Crippen LogP contribution in [0.4, 0.5) is 0 Å². The number of rotatable bonds is 5. The van der Waals surface area contributed by atoms with Crippen molar-refractivity contribution < 1.29 is 19.4 Å². The summed E-state index contributed by atoms with van der Waals surface area (Å²) in [5, 5.41) is 13.3. The highest BCUT2D eigenvalue weighted by atomic mass is 35.5. The maximum atomic E-state index is 13.1. The lowest BCUT2D eigenvalue weighted by molar-refractivity contribution is -0.140. The number of halogens is 1. The molecule has 1 aliphatic heterocycles. The quantitative estimate of drug-likeness (QED) is 0.342. The highest BCUT2D eigenvalue weighted by Gasteiger charge is 2.47. The van der Waals surface area contributed by atoms with Gasteiger partial charge in [-0.3, -0.25) is 14.6 Å². The largest absolute Gasteiger partial charge is 0.507 e. The van der Waals surface area contributed by atoms with Gasteiger partial charge in [-0.25, -0.2) is 0 Å². The minimum atomic E-state index is -0.730. The molecule has 1 aromatic carbocycles. The van der Waals surface area contributed by atoms with Gasteiger partial charge in [0, 0.05) is 29.4 Å². The van der Waals surface area contributed by atoms with E-state index in [1.165, 1.54) is 29.4 Å². The molecule has 0 spiro atoms. The second-order valence-corrected chi connectivity index (χ2v) is 8.46. The number of pyridine rings is 1. The molecule has 0 radical (unpaired) electrons. The van der Waals surface area contributed by atoms with Crippen molar-refractivity contribution in [2.45, 2.75) is 19.5 Å². The molecule has 1 fully saturated rings. The van der Waals surface area contributed by atoms with Crippen molar-refractivity contribution in [3.8, 4) is 5.75 Å². The third-order valence-corrected chi connectivity index (χ3v) is 6.56. The summed E-state index contributed by atoms with van der Waals surface area (Å²) in [6.07, 6.45) is 3.30. The molecule has 0 aliphatic carbocycles. The number of benzene rings is 1. The van der Waals surface area contributed by atoms with Crippen LogP contribution in [0.3, 0.4) is 0 Å². The third kappa shape index (κ3) is 3.82. The van der Waals surface area contributed by atoms with Crippen molar-refractivity contribution in [3.63, 3.8) is 0 Å². The number of likely N-dealkylation sites (tertiary alicyclic amines) is 1. The van der Waals surface area contributed by atoms with Crippen LogP contribution in [0.5, 0.6) is 5.75 Å². The van der Waals surface area contributed by atoms with E-state index in [4.69, 9.17) is 16.3 Å². The Morgan fingerprint density at radius 3 is 2.71 bits per heavy atom. The number of hydrogen-bond donors (Lipinski definition) is 1. The van der Waals surface area contributed by atoms with Crippen LogP contribution in [0.2, 0.25) is 5.02 Å². The Bertz CT molecular complexity index is 1190. The Morgan fingerprint density at radius 2 is 2.10 bits per heavy atom. The molecule has 4 rings (SSSR count). The van der Waals surface area contributed by atoms with Gasteiger partial charge in [-0.2, -0.15) is 0 Å². The summed E-state index contributed by atoms with van der Waals surface area (Å²) in [6.45, 7) is 2.11. The zero-order valence-electron chi connectivity index (χ0n) is 16.8. The second kappa shape index (κ2) is 8.53. The smallest absolute Gasteiger partial charge is 0.295 e. The van der Waals surface area contributed by atoms with Crippen LogP contribution in [0.25, 0.3) is 5.76 Å². The number of amides is 1. The molecular weight excluding hydrogens is 436 g/mol. The predicted octanol–water partition coefficient (Wildman–Crippen LogP) is 4.74. The molecule has 1 amide bonds. The summed E-state index contributed by atoms with van der Waals surface area (Å²) in [5.41, 5.74) is 2.10. The van der Waals surface area contributed by atoms with E-state index in [1.807, 2.05) is 24.4 Å². The normalized spacial score (nSPS) is 17.9. The first-order valence-electron chi connectivity index (χ1n) is 9.47. The van der Waals surface area contributed by atoms with Crippen molar-refractivity contribution in [2.75, 3.05) is 7.11 Å². The molecule has 3 aromatic rings. The average molecular weight is 455 g/mol. The topological polar surface area (TPSA) is 79.7 Å². The van der Waals surface area contributed by atoms with E-state index in [2.05, 4.69) is 4.98 Å². The van der Waals surface area contributed by atoms with Crippen molar-refractivity contribution in [1.29, 1.82) is 0 Å². The fourth-order valence-corrected chi connectivity index (χ4v) is 4.94. The van der Waals surface area contributed by atoms with Crippen molar-refractivity contribution >= 4 is 40.4 Å². The number of ether oxygens (including phenoxy) is 1. The van der Waals surface area contributed by atoms with Gasteiger partial charge in [0.05, 0.1) is 17.7 Å². The lowest BCUT2D eigenvalue weighted by Crippen LogP contribution is -2.29. The highest BCUT2D eigenvalue weighted by Crippen LogP contribution is 2.43. The molecule has 158 valence electrons. The molecule has 0 bridgehead atoms. The van der Waals surface area contributed by atoms with Gasteiger partial charge in [0.15, 0.2) is 0 Å². The second-order valence-electron chi connectivity index (χ2n) is 7.11. The fraction of sp³-hybridized carbons (Fsp3) is 0.174. The van der Waals surface area contributed by atoms with E-state index < -0.39 is 17.7 Å². The van der Waals surface area contributed by atoms with Gasteiger partial charge >= 0.3 is 0 Å². The minimum absolute atomic E-state index is 0.0423. The number of carbonyl (C=O) groups is 2. The molecule has 6 nitrogen and oxygen atoms in total. The van der Waals surface area contributed by atoms with Crippen LogP contribution in [0.15, 0.2) is 59.7 Å². The first-order chi connectivity index (χ1) is 14.9. The summed E-state index contributed by atoms with van der Waals surface area (Å²) >= 11 is 7.65. The van der Waals surface area contributed by atoms with Gasteiger partial charge in [0.1, 0.15) is 17.6 Å². The van der Waals surface area contributed by atoms with Crippen molar-refractivity contribution in [2.24, 2.45) is 0 Å². The standard InChI is InChI=1S/C23H19ClN2O4S/c1-13-7-9-31-22(13)19-18(20(27)15-5-6-17(30-2)16(24)10-15)21(28)23(29)26(19)12-14-4-3-8-25-11-14/h3-11,19,27H,12H2,1-2H3/b20-18-. The van der Waals surface area contributed by atoms with E-state index in [9.17, 15) is 14.7 Å². The Labute approximate surface area is 188 Å². The van der Waals surface area contributed by atoms with Gasteiger partial charge < -0.3 is 14.7 Å². The number of hydrogen-bond acceptors (Lipinski definition) is 6. The maximum Gasteiger partial charge on any atom is 0.295 e. The molecule has 1 unspecified atom stereocenters. The van der Waals surface area contributed by atoms with E-state index in [0.29, 0.717) is 16.3 Å². The van der Waals surface area contributed by atoms with E-state index in [1.54, 1.807) is 30.6 Å². The molecule has 8 heteroatoms. The fourth-order valence-electron chi connectivity index (χ4n) is 3.64. The molecule has 31 heavy (non-hydrogen) atoms. The lowest BCUT2D eigenvalue weighted by atomic mass is 9.98. The minimum Gasteiger partial charge on any atom is -0.507 e. The average Bonchev–Trinajstić information content (AvgIpc) is 3.29. The number of carbonyl (C=O) groups excluding carboxylic acids is 2. The van der Waals surface area contributed by atoms with Gasteiger partial charge in [0.2, 0.25) is 0 Å². The first-order valence-corrected chi connectivity index (χ1v) is 10.7. The molecule has 1 N–H and O–H groups in total. The number of thiophene rings is 1.